The number of rotatable bonds is 6. The van der Waals surface area contributed by atoms with E-state index < -0.39 is 42.1 Å². The molecule has 0 fully saturated rings. The number of hydrogen-bond acceptors (Lipinski definition) is 19. The van der Waals surface area contributed by atoms with Gasteiger partial charge in [-0.05, 0) is 13.8 Å². The molecule has 0 saturated heterocycles. The van der Waals surface area contributed by atoms with Gasteiger partial charge in [0, 0.05) is 108 Å². The molecule has 0 aliphatic rings. The molecule has 0 atom stereocenters. The van der Waals surface area contributed by atoms with E-state index in [0.717, 1.165) is 0 Å². The van der Waals surface area contributed by atoms with Gasteiger partial charge in [-0.3, -0.25) is 49.8 Å². The Morgan fingerprint density at radius 3 is 0.803 bits per heavy atom. The Bertz CT molecular complexity index is 2130. The Labute approximate surface area is 354 Å². The van der Waals surface area contributed by atoms with Gasteiger partial charge in [-0.2, -0.15) is 42.1 Å². The van der Waals surface area contributed by atoms with E-state index in [1.54, 1.807) is 105 Å². The zero-order chi connectivity index (χ0) is 45.6. The zero-order valence-electron chi connectivity index (χ0n) is 31.8. The molecule has 5 rings (SSSR count). The second-order valence-corrected chi connectivity index (χ2v) is 13.1. The van der Waals surface area contributed by atoms with Crippen LogP contribution in [0, 0.1) is 34.0 Å². The van der Waals surface area contributed by atoms with E-state index >= 15 is 0 Å². The van der Waals surface area contributed by atoms with Gasteiger partial charge >= 0.3 is 27.8 Å². The standard InChI is InChI=1S/C24H20N10.3C2H3N.2CHF3O3S.Co.H2O/c1-23(17-11-25-3-7-30-17,18-12-26-4-8-31-18)21-15-29-16-22(34-21)24(2,19-13-27-5-9-32-19)20-14-28-6-10-33-20;3*1-2-3;2*2-1(3,4)8(5,6)7;;/h3-16H,1-2H3;3*1H3;2*(H,5,6,7);;1H2/q;;;;;;+2;/p-1. The molecule has 3 N–H and O–H groups in total. The molecule has 0 unspecified atom stereocenters. The minimum Gasteiger partial charge on any atom is -0.741 e. The number of nitrogens with zero attached hydrogens (tertiary/aromatic N) is 13. The molecule has 5 aromatic heterocycles. The topological polar surface area (TPSA) is 348 Å². The van der Waals surface area contributed by atoms with E-state index in [9.17, 15) is 26.3 Å². The zero-order valence-corrected chi connectivity index (χ0v) is 34.5. The van der Waals surface area contributed by atoms with Crippen molar-refractivity contribution in [2.24, 2.45) is 0 Å². The van der Waals surface area contributed by atoms with Crippen molar-refractivity contribution in [1.29, 1.82) is 15.8 Å². The van der Waals surface area contributed by atoms with E-state index in [1.165, 1.54) is 20.8 Å². The number of alkyl halides is 6. The second-order valence-electron chi connectivity index (χ2n) is 10.4. The minimum atomic E-state index is -6.09. The summed E-state index contributed by atoms with van der Waals surface area (Å²) in [5.74, 6) is 0. The summed E-state index contributed by atoms with van der Waals surface area (Å²) < 4.78 is 118. The van der Waals surface area contributed by atoms with E-state index in [4.69, 9.17) is 46.7 Å². The Morgan fingerprint density at radius 1 is 0.475 bits per heavy atom. The maximum atomic E-state index is 10.7. The second kappa shape index (κ2) is 26.8. The fourth-order valence-corrected chi connectivity index (χ4v) is 3.86. The molecule has 0 bridgehead atoms. The van der Waals surface area contributed by atoms with Crippen LogP contribution in [0.1, 0.15) is 68.8 Å². The van der Waals surface area contributed by atoms with Gasteiger partial charge in [0.1, 0.15) is 0 Å². The normalized spacial score (nSPS) is 10.7. The molecule has 0 aromatic carbocycles. The molecule has 20 nitrogen and oxygen atoms in total. The molecular weight excluding hydrogens is 915 g/mol. The van der Waals surface area contributed by atoms with Gasteiger partial charge in [0.25, 0.3) is 0 Å². The van der Waals surface area contributed by atoms with Crippen LogP contribution in [0.4, 0.5) is 26.3 Å². The SMILES string of the molecule is CC#N.CC#N.CC#N.CC(c1cnccn1)(c1cnccn1)c1cncc(C(C)(c2cnccn2)c2cnccn2)n1.O=S(=O)([O-])C(F)(F)F.O=S(=O)([O-])C(F)(F)F.[Co+2].[OH3+]. The van der Waals surface area contributed by atoms with Crippen LogP contribution in [0.25, 0.3) is 0 Å². The maximum absolute atomic E-state index is 10.7. The molecule has 5 aromatic rings. The van der Waals surface area contributed by atoms with Gasteiger partial charge in [0.15, 0.2) is 20.2 Å². The number of halogens is 6. The number of hydrogen-bond donors (Lipinski definition) is 0. The van der Waals surface area contributed by atoms with Crippen molar-refractivity contribution in [3.8, 4) is 18.2 Å². The first-order valence-corrected chi connectivity index (χ1v) is 18.1. The fourth-order valence-electron chi connectivity index (χ4n) is 3.86. The molecule has 0 spiro atoms. The number of nitriles is 3. The Morgan fingerprint density at radius 2 is 0.656 bits per heavy atom. The van der Waals surface area contributed by atoms with Crippen molar-refractivity contribution >= 4 is 20.2 Å². The van der Waals surface area contributed by atoms with Crippen LogP contribution in [0.15, 0.2) is 86.8 Å². The molecule has 0 amide bonds. The van der Waals surface area contributed by atoms with Crippen LogP contribution in [-0.4, -0.2) is 86.8 Å². The summed E-state index contributed by atoms with van der Waals surface area (Å²) in [6.45, 7) is 8.26. The molecule has 329 valence electrons. The first-order chi connectivity index (χ1) is 27.4. The molecule has 0 saturated carbocycles. The van der Waals surface area contributed by atoms with Crippen LogP contribution in [-0.2, 0) is 53.3 Å². The van der Waals surface area contributed by atoms with Gasteiger partial charge in [-0.1, -0.05) is 0 Å². The van der Waals surface area contributed by atoms with Gasteiger partial charge in [-0.25, -0.2) is 16.8 Å². The minimum absolute atomic E-state index is 0. The quantitative estimate of drug-likeness (QED) is 0.102. The fraction of sp³-hybridized carbons (Fsp3) is 0.281. The Hall–Kier alpha value is -6.26. The van der Waals surface area contributed by atoms with E-state index in [2.05, 4.69) is 44.9 Å². The summed E-state index contributed by atoms with van der Waals surface area (Å²) >= 11 is 0. The van der Waals surface area contributed by atoms with Crippen molar-refractivity contribution in [3.63, 3.8) is 0 Å². The smallest absolute Gasteiger partial charge is 0.741 e. The summed E-state index contributed by atoms with van der Waals surface area (Å²) in [5.41, 5.74) is -9.08. The Balaban J connectivity index is -0.00000103. The van der Waals surface area contributed by atoms with Crippen LogP contribution in [0.3, 0.4) is 0 Å². The number of aromatic nitrogens is 10. The maximum Gasteiger partial charge on any atom is 2.00 e. The summed E-state index contributed by atoms with van der Waals surface area (Å²) in [6, 6.07) is 5.25. The van der Waals surface area contributed by atoms with Crippen LogP contribution < -0.4 is 0 Å². The van der Waals surface area contributed by atoms with Crippen LogP contribution >= 0.6 is 0 Å². The molecule has 1 radical (unpaired) electrons. The summed E-state index contributed by atoms with van der Waals surface area (Å²) in [4.78, 5) is 45.0. The van der Waals surface area contributed by atoms with Gasteiger partial charge in [0.05, 0.1) is 63.2 Å². The predicted molar refractivity (Wildman–Crippen MR) is 192 cm³/mol. The van der Waals surface area contributed by atoms with E-state index in [1.807, 2.05) is 13.8 Å². The van der Waals surface area contributed by atoms with E-state index in [-0.39, 0.29) is 22.3 Å². The average Bonchev–Trinajstić information content (AvgIpc) is 3.18. The van der Waals surface area contributed by atoms with Crippen molar-refractivity contribution in [1.82, 2.24) is 49.8 Å². The third-order valence-electron chi connectivity index (χ3n) is 6.53. The first kappa shape index (κ1) is 59.1. The van der Waals surface area contributed by atoms with Gasteiger partial charge in [0.2, 0.25) is 0 Å². The Kier molecular flexibility index (Phi) is 25.9. The van der Waals surface area contributed by atoms with Gasteiger partial charge < -0.3 is 14.6 Å². The van der Waals surface area contributed by atoms with Crippen LogP contribution in [0.5, 0.6) is 0 Å². The molecule has 61 heavy (non-hydrogen) atoms. The third-order valence-corrected chi connectivity index (χ3v) is 7.66. The first-order valence-electron chi connectivity index (χ1n) is 15.2. The van der Waals surface area contributed by atoms with Crippen molar-refractivity contribution in [2.75, 3.05) is 0 Å². The predicted octanol–water partition coefficient (Wildman–Crippen LogP) is 3.11. The van der Waals surface area contributed by atoms with Crippen LogP contribution in [0.2, 0.25) is 0 Å². The van der Waals surface area contributed by atoms with Crippen molar-refractivity contribution in [3.05, 3.63) is 121 Å². The monoisotopic (exact) mass is 947 g/mol. The summed E-state index contributed by atoms with van der Waals surface area (Å²) in [5, 5.41) is 22.0. The van der Waals surface area contributed by atoms with E-state index in [0.29, 0.717) is 34.2 Å². The molecule has 0 aliphatic heterocycles. The summed E-state index contributed by atoms with van der Waals surface area (Å²) in [7, 11) is -12.2. The third kappa shape index (κ3) is 17.9. The molecule has 29 heteroatoms. The van der Waals surface area contributed by atoms with Gasteiger partial charge in [-0.15, -0.1) is 0 Å². The largest absolute Gasteiger partial charge is 2.00 e. The van der Waals surface area contributed by atoms with Crippen molar-refractivity contribution in [2.45, 2.75) is 56.5 Å². The molecule has 5 heterocycles. The average molecular weight is 948 g/mol. The molecule has 0 aliphatic carbocycles. The summed E-state index contributed by atoms with van der Waals surface area (Å²) in [6.07, 6.45) is 23.3. The molecular formula is C32H32CoF6N13O7S2+. The van der Waals surface area contributed by atoms with Crippen molar-refractivity contribution < 1.29 is 74.5 Å².